The van der Waals surface area contributed by atoms with Gasteiger partial charge in [-0.1, -0.05) is 0 Å². The molecule has 0 saturated heterocycles. The summed E-state index contributed by atoms with van der Waals surface area (Å²) in [5.74, 6) is -0.483. The molecule has 0 aliphatic rings. The molecule has 0 saturated carbocycles. The molecule has 150 valence electrons. The second-order valence-electron chi connectivity index (χ2n) is 5.30. The number of rotatable bonds is 11. The van der Waals surface area contributed by atoms with Crippen molar-refractivity contribution in [1.29, 1.82) is 0 Å². The van der Waals surface area contributed by atoms with E-state index in [2.05, 4.69) is 5.32 Å². The van der Waals surface area contributed by atoms with Crippen LogP contribution in [0.1, 0.15) is 16.8 Å². The van der Waals surface area contributed by atoms with Crippen molar-refractivity contribution in [3.05, 3.63) is 17.7 Å². The lowest BCUT2D eigenvalue weighted by atomic mass is 10.1. The summed E-state index contributed by atoms with van der Waals surface area (Å²) in [6.45, 7) is -0.547. The molecule has 0 aromatic heterocycles. The Balaban J connectivity index is 3.03. The van der Waals surface area contributed by atoms with Crippen molar-refractivity contribution >= 4 is 29.5 Å². The summed E-state index contributed by atoms with van der Waals surface area (Å²) in [6, 6.07) is 2.01. The van der Waals surface area contributed by atoms with Crippen LogP contribution in [0.4, 0.5) is 0 Å². The highest BCUT2D eigenvalue weighted by atomic mass is 32.2. The van der Waals surface area contributed by atoms with Crippen LogP contribution in [0, 0.1) is 0 Å². The van der Waals surface area contributed by atoms with Gasteiger partial charge in [0, 0.05) is 5.56 Å². The van der Waals surface area contributed by atoms with E-state index in [1.54, 1.807) is 0 Å². The van der Waals surface area contributed by atoms with E-state index in [9.17, 15) is 14.4 Å². The number of carbonyl (C=O) groups excluding carboxylic acids is 3. The van der Waals surface area contributed by atoms with Gasteiger partial charge in [-0.05, 0) is 30.6 Å². The first kappa shape index (κ1) is 22.4. The summed E-state index contributed by atoms with van der Waals surface area (Å²) < 4.78 is 20.5. The summed E-state index contributed by atoms with van der Waals surface area (Å²) >= 11 is 1.50. The molecule has 27 heavy (non-hydrogen) atoms. The molecule has 9 nitrogen and oxygen atoms in total. The Labute approximate surface area is 161 Å². The van der Waals surface area contributed by atoms with Gasteiger partial charge in [0.25, 0.3) is 11.8 Å². The van der Waals surface area contributed by atoms with Gasteiger partial charge in [0.15, 0.2) is 18.1 Å². The molecule has 1 aromatic rings. The quantitative estimate of drug-likeness (QED) is 0.517. The highest BCUT2D eigenvalue weighted by molar-refractivity contribution is 7.98. The van der Waals surface area contributed by atoms with E-state index in [4.69, 9.17) is 24.7 Å². The Hall–Kier alpha value is -2.62. The third-order valence-electron chi connectivity index (χ3n) is 3.48. The lowest BCUT2D eigenvalue weighted by Gasteiger charge is -2.18. The number of nitrogens with two attached hydrogens (primary N) is 1. The number of hydrogen-bond acceptors (Lipinski definition) is 8. The van der Waals surface area contributed by atoms with Crippen molar-refractivity contribution < 1.29 is 33.3 Å². The predicted molar refractivity (Wildman–Crippen MR) is 101 cm³/mol. The van der Waals surface area contributed by atoms with E-state index in [0.717, 1.165) is 0 Å². The number of ether oxygens (including phenoxy) is 4. The van der Waals surface area contributed by atoms with Gasteiger partial charge in [-0.2, -0.15) is 11.8 Å². The molecule has 0 heterocycles. The lowest BCUT2D eigenvalue weighted by molar-refractivity contribution is -0.149. The Morgan fingerprint density at radius 3 is 2.15 bits per heavy atom. The zero-order valence-corrected chi connectivity index (χ0v) is 16.5. The van der Waals surface area contributed by atoms with Crippen molar-refractivity contribution in [2.45, 2.75) is 12.5 Å². The largest absolute Gasteiger partial charge is 0.493 e. The van der Waals surface area contributed by atoms with Gasteiger partial charge in [0.2, 0.25) is 5.75 Å². The Morgan fingerprint density at radius 2 is 1.70 bits per heavy atom. The van der Waals surface area contributed by atoms with Crippen LogP contribution in [-0.2, 0) is 14.3 Å². The monoisotopic (exact) mass is 400 g/mol. The summed E-state index contributed by atoms with van der Waals surface area (Å²) in [4.78, 5) is 35.6. The standard InChI is InChI=1S/C17H24N2O7S/c1-23-12-7-10(8-13(24-2)15(12)25-3)16(21)19-11(5-6-27-4)17(22)26-9-14(18)20/h7-8,11H,5-6,9H2,1-4H3,(H2,18,20)(H,19,21). The lowest BCUT2D eigenvalue weighted by Crippen LogP contribution is -2.43. The summed E-state index contributed by atoms with van der Waals surface area (Å²) in [7, 11) is 4.32. The molecule has 1 unspecified atom stereocenters. The molecule has 1 aromatic carbocycles. The number of amides is 2. The third-order valence-corrected chi connectivity index (χ3v) is 4.13. The first-order valence-electron chi connectivity index (χ1n) is 7.92. The summed E-state index contributed by atoms with van der Waals surface area (Å²) in [5.41, 5.74) is 5.19. The maximum Gasteiger partial charge on any atom is 0.329 e. The van der Waals surface area contributed by atoms with Crippen LogP contribution in [0.5, 0.6) is 17.2 Å². The van der Waals surface area contributed by atoms with Crippen LogP contribution in [-0.4, -0.2) is 63.8 Å². The van der Waals surface area contributed by atoms with Gasteiger partial charge in [-0.25, -0.2) is 4.79 Å². The predicted octanol–water partition coefficient (Wildman–Crippen LogP) is 0.592. The Bertz CT molecular complexity index is 656. The van der Waals surface area contributed by atoms with E-state index in [-0.39, 0.29) is 5.56 Å². The minimum Gasteiger partial charge on any atom is -0.493 e. The molecule has 0 spiro atoms. The number of nitrogens with one attached hydrogen (secondary N) is 1. The van der Waals surface area contributed by atoms with Crippen molar-refractivity contribution in [3.63, 3.8) is 0 Å². The molecule has 0 fully saturated rings. The van der Waals surface area contributed by atoms with Crippen LogP contribution in [0.15, 0.2) is 12.1 Å². The van der Waals surface area contributed by atoms with Gasteiger partial charge >= 0.3 is 5.97 Å². The smallest absolute Gasteiger partial charge is 0.329 e. The normalized spacial score (nSPS) is 11.3. The zero-order chi connectivity index (χ0) is 20.4. The highest BCUT2D eigenvalue weighted by Gasteiger charge is 2.24. The number of methoxy groups -OCH3 is 3. The van der Waals surface area contributed by atoms with Crippen molar-refractivity contribution in [2.75, 3.05) is 39.9 Å². The molecule has 0 aliphatic carbocycles. The molecule has 3 N–H and O–H groups in total. The fourth-order valence-electron chi connectivity index (χ4n) is 2.18. The van der Waals surface area contributed by atoms with Gasteiger partial charge in [0.05, 0.1) is 21.3 Å². The van der Waals surface area contributed by atoms with E-state index < -0.39 is 30.4 Å². The van der Waals surface area contributed by atoms with Gasteiger partial charge < -0.3 is 30.0 Å². The SMILES string of the molecule is COc1cc(C(=O)NC(CCSC)C(=O)OCC(N)=O)cc(OC)c1OC. The average Bonchev–Trinajstić information content (AvgIpc) is 2.67. The average molecular weight is 400 g/mol. The highest BCUT2D eigenvalue weighted by Crippen LogP contribution is 2.38. The minimum atomic E-state index is -0.927. The van der Waals surface area contributed by atoms with Crippen LogP contribution in [0.3, 0.4) is 0 Å². The molecule has 10 heteroatoms. The second-order valence-corrected chi connectivity index (χ2v) is 6.28. The topological polar surface area (TPSA) is 126 Å². The van der Waals surface area contributed by atoms with Crippen LogP contribution < -0.4 is 25.3 Å². The fourth-order valence-corrected chi connectivity index (χ4v) is 2.65. The van der Waals surface area contributed by atoms with Gasteiger partial charge in [-0.15, -0.1) is 0 Å². The second kappa shape index (κ2) is 11.2. The molecule has 1 rings (SSSR count). The molecule has 0 bridgehead atoms. The van der Waals surface area contributed by atoms with Gasteiger partial charge in [-0.3, -0.25) is 9.59 Å². The number of hydrogen-bond donors (Lipinski definition) is 2. The van der Waals surface area contributed by atoms with Crippen LogP contribution >= 0.6 is 11.8 Å². The maximum atomic E-state index is 12.6. The summed E-state index contributed by atoms with van der Waals surface area (Å²) in [5, 5.41) is 2.60. The minimum absolute atomic E-state index is 0.210. The first-order chi connectivity index (χ1) is 12.9. The number of carbonyl (C=O) groups is 3. The zero-order valence-electron chi connectivity index (χ0n) is 15.7. The van der Waals surface area contributed by atoms with E-state index in [1.165, 1.54) is 45.2 Å². The van der Waals surface area contributed by atoms with E-state index in [1.807, 2.05) is 6.26 Å². The van der Waals surface area contributed by atoms with Crippen molar-refractivity contribution in [1.82, 2.24) is 5.32 Å². The Morgan fingerprint density at radius 1 is 1.11 bits per heavy atom. The molecule has 2 amide bonds. The van der Waals surface area contributed by atoms with E-state index in [0.29, 0.717) is 29.4 Å². The van der Waals surface area contributed by atoms with Crippen LogP contribution in [0.25, 0.3) is 0 Å². The number of primary amides is 1. The molecule has 0 aliphatic heterocycles. The fraction of sp³-hybridized carbons (Fsp3) is 0.471. The molecule has 1 atom stereocenters. The number of esters is 1. The van der Waals surface area contributed by atoms with E-state index >= 15 is 0 Å². The summed E-state index contributed by atoms with van der Waals surface area (Å²) in [6.07, 6.45) is 2.20. The first-order valence-corrected chi connectivity index (χ1v) is 9.32. The van der Waals surface area contributed by atoms with Gasteiger partial charge in [0.1, 0.15) is 6.04 Å². The van der Waals surface area contributed by atoms with Crippen molar-refractivity contribution in [2.24, 2.45) is 5.73 Å². The number of thioether (sulfide) groups is 1. The van der Waals surface area contributed by atoms with Crippen LogP contribution in [0.2, 0.25) is 0 Å². The third kappa shape index (κ3) is 6.55. The van der Waals surface area contributed by atoms with Crippen molar-refractivity contribution in [3.8, 4) is 17.2 Å². The maximum absolute atomic E-state index is 12.6. The Kier molecular flexibility index (Phi) is 9.27. The number of benzene rings is 1. The molecule has 0 radical (unpaired) electrons. The molecular formula is C17H24N2O7S. The molecular weight excluding hydrogens is 376 g/mol.